The zero-order valence-corrected chi connectivity index (χ0v) is 32.2. The van der Waals surface area contributed by atoms with E-state index in [4.69, 9.17) is 86.0 Å². The van der Waals surface area contributed by atoms with E-state index in [1.807, 2.05) is 0 Å². The molecule has 45 heavy (non-hydrogen) atoms. The molecule has 0 spiro atoms. The number of rotatable bonds is 5. The number of carbonyl (C=O) groups excluding carboxylic acids is 3. The van der Waals surface area contributed by atoms with E-state index in [0.29, 0.717) is 16.1 Å². The van der Waals surface area contributed by atoms with Crippen LogP contribution < -0.4 is 17.9 Å². The van der Waals surface area contributed by atoms with Crippen LogP contribution in [-0.4, -0.2) is 88.3 Å². The third-order valence-corrected chi connectivity index (χ3v) is 6.31. The molecule has 0 saturated carbocycles. The molecule has 3 rings (SSSR count). The van der Waals surface area contributed by atoms with Crippen LogP contribution >= 0.6 is 93.6 Å². The van der Waals surface area contributed by atoms with Crippen molar-refractivity contribution in [3.63, 3.8) is 0 Å². The first kappa shape index (κ1) is 56.8. The van der Waals surface area contributed by atoms with Crippen LogP contribution in [-0.2, 0) is 9.68 Å². The van der Waals surface area contributed by atoms with Gasteiger partial charge in [-0.2, -0.15) is 0 Å². The Morgan fingerprint density at radius 2 is 1.09 bits per heavy atom. The van der Waals surface area contributed by atoms with Crippen LogP contribution in [0.2, 0.25) is 30.5 Å². The molecule has 1 N–H and O–H groups in total. The van der Waals surface area contributed by atoms with Gasteiger partial charge in [-0.05, 0) is 36.7 Å². The number of carbonyl (C=O) groups is 3. The molecule has 0 aromatic carbocycles. The van der Waals surface area contributed by atoms with Gasteiger partial charge in [-0.3, -0.25) is 19.2 Å². The Kier molecular flexibility index (Phi) is 38.9. The maximum Gasteiger partial charge on any atom is 2.00 e. The fourth-order valence-electron chi connectivity index (χ4n) is 1.95. The second-order valence-electron chi connectivity index (χ2n) is 6.71. The number of ketones is 1. The first-order chi connectivity index (χ1) is 18.7. The Labute approximate surface area is 327 Å². The van der Waals surface area contributed by atoms with Gasteiger partial charge < -0.3 is 24.7 Å². The van der Waals surface area contributed by atoms with Gasteiger partial charge in [0, 0.05) is 38.2 Å². The molecule has 1 amide bonds. The summed E-state index contributed by atoms with van der Waals surface area (Å²) in [7, 11) is 6.16. The summed E-state index contributed by atoms with van der Waals surface area (Å²) in [5.41, 5.74) is 3.46. The molecule has 0 aliphatic carbocycles. The molecule has 3 aromatic heterocycles. The number of aromatic nitrogens is 3. The molecule has 10 nitrogen and oxygen atoms in total. The third kappa shape index (κ3) is 22.7. The van der Waals surface area contributed by atoms with E-state index in [2.05, 4.69) is 25.3 Å². The minimum atomic E-state index is -0.601. The molecule has 0 saturated heterocycles. The fourth-order valence-corrected chi connectivity index (χ4v) is 2.86. The summed E-state index contributed by atoms with van der Waals surface area (Å²) in [4.78, 5) is 52.9. The largest absolute Gasteiger partial charge is 2.00 e. The molecule has 0 fully saturated rings. The van der Waals surface area contributed by atoms with Crippen molar-refractivity contribution < 1.29 is 36.5 Å². The van der Waals surface area contributed by atoms with Crippen molar-refractivity contribution >= 4 is 134 Å². The Bertz CT molecular complexity index is 1250. The molecule has 3 heterocycles. The second-order valence-corrected chi connectivity index (χ2v) is 9.35. The van der Waals surface area contributed by atoms with Crippen molar-refractivity contribution in [1.29, 1.82) is 0 Å². The summed E-state index contributed by atoms with van der Waals surface area (Å²) in [6, 6.07) is 4.31. The van der Waals surface area contributed by atoms with Gasteiger partial charge in [0.15, 0.2) is 5.78 Å². The number of nitrogens with one attached hydrogen (secondary N) is 1. The average Bonchev–Trinajstić information content (AvgIpc) is 2.93. The summed E-state index contributed by atoms with van der Waals surface area (Å²) < 4.78 is 0. The zero-order valence-electron chi connectivity index (χ0n) is 23.9. The average molecular weight is 824 g/mol. The summed E-state index contributed by atoms with van der Waals surface area (Å²) in [5.74, 6) is -0.408. The number of Topliss-reactive ketones (excluding diaryl/α,β-unsaturated/α-hetero) is 1. The van der Waals surface area contributed by atoms with Gasteiger partial charge in [0.05, 0.1) is 40.4 Å². The molecular weight excluding hydrogens is 794 g/mol. The first-order valence-corrected chi connectivity index (χ1v) is 13.0. The normalized spacial score (nSPS) is 8.53. The molecule has 250 valence electrons. The summed E-state index contributed by atoms with van der Waals surface area (Å²) in [6.07, 6.45) is 4.01. The Morgan fingerprint density at radius 1 is 0.778 bits per heavy atom. The van der Waals surface area contributed by atoms with Gasteiger partial charge in [0.25, 0.3) is 11.1 Å². The van der Waals surface area contributed by atoms with Crippen molar-refractivity contribution in [2.24, 2.45) is 0 Å². The van der Waals surface area contributed by atoms with Gasteiger partial charge in [-0.15, -0.1) is 12.4 Å². The van der Waals surface area contributed by atoms with Gasteiger partial charge in [-0.25, -0.2) is 25.5 Å². The minimum Gasteiger partial charge on any atom is -1.00 e. The third-order valence-electron chi connectivity index (χ3n) is 4.03. The summed E-state index contributed by atoms with van der Waals surface area (Å²) >= 11 is 38.6. The van der Waals surface area contributed by atoms with Crippen molar-refractivity contribution in [2.75, 3.05) is 28.3 Å². The number of pyridine rings is 3. The molecule has 0 aliphatic rings. The van der Waals surface area contributed by atoms with E-state index in [0.717, 1.165) is 5.06 Å². The van der Waals surface area contributed by atoms with Crippen LogP contribution in [0.4, 0.5) is 0 Å². The number of nitrogens with zero attached hydrogens (tertiary/aromatic N) is 4. The molecule has 0 unspecified atom stereocenters. The topological polar surface area (TPSA) is 124 Å². The van der Waals surface area contributed by atoms with E-state index in [1.165, 1.54) is 57.9 Å². The van der Waals surface area contributed by atoms with Crippen LogP contribution in [0.5, 0.6) is 0 Å². The predicted octanol–water partition coefficient (Wildman–Crippen LogP) is 5.28. The Balaban J connectivity index is -0.000000114. The van der Waals surface area contributed by atoms with Gasteiger partial charge >= 0.3 is 23.1 Å². The smallest absolute Gasteiger partial charge is 1.00 e. The van der Waals surface area contributed by atoms with Gasteiger partial charge in [0.2, 0.25) is 0 Å². The quantitative estimate of drug-likeness (QED) is 0.0916. The van der Waals surface area contributed by atoms with Gasteiger partial charge in [0.1, 0.15) is 15.5 Å². The summed E-state index contributed by atoms with van der Waals surface area (Å²) in [5, 5.41) is 1.78. The van der Waals surface area contributed by atoms with Crippen LogP contribution in [0.1, 0.15) is 45.4 Å². The second kappa shape index (κ2) is 30.8. The molecule has 0 aliphatic heterocycles. The van der Waals surface area contributed by atoms with Crippen LogP contribution in [0.3, 0.4) is 0 Å². The summed E-state index contributed by atoms with van der Waals surface area (Å²) in [6.45, 7) is 1.45. The molecule has 20 heteroatoms. The molecular formula is C25H30Cl9MgN5O5. The van der Waals surface area contributed by atoms with Crippen molar-refractivity contribution in [3.8, 4) is 0 Å². The van der Waals surface area contributed by atoms with Crippen molar-refractivity contribution in [2.45, 2.75) is 14.4 Å². The fraction of sp³-hybridized carbons (Fsp3) is 0.240. The van der Waals surface area contributed by atoms with Crippen molar-refractivity contribution in [1.82, 2.24) is 25.5 Å². The number of hydrogen-bond donors (Lipinski definition) is 1. The number of amides is 1. The van der Waals surface area contributed by atoms with E-state index in [1.54, 1.807) is 14.2 Å². The predicted molar refractivity (Wildman–Crippen MR) is 184 cm³/mol. The first-order valence-electron chi connectivity index (χ1n) is 10.4. The zero-order chi connectivity index (χ0) is 31.0. The maximum absolute atomic E-state index is 11.5. The van der Waals surface area contributed by atoms with E-state index in [-0.39, 0.29) is 105 Å². The number of hydroxylamine groups is 3. The molecule has 0 atom stereocenters. The standard InChI is InChI=1S/C8H8Cl2N2O2.C7H5Cl2NO.C6H2Cl3NO.C2H7NO.CH4.CH3.2ClH.Mg/c1-12(14-2)8(13)5-3-6(9)7(10)11-4-5;1-4(11)5-2-6(8)7(9)10-3-5;7-4-1-3(6(9)11)2-10-5(4)8;1-3-4-2;;;;;/h3-4H,1-2H3;2-3H,1H3;1-2H;3H,1-2H3;1H4;1H3;2*1H;/q;;;;;-1;;;+2/p-1. The van der Waals surface area contributed by atoms with Gasteiger partial charge in [-0.1, -0.05) is 77.0 Å². The van der Waals surface area contributed by atoms with Crippen LogP contribution in [0.15, 0.2) is 36.8 Å². The van der Waals surface area contributed by atoms with Crippen LogP contribution in [0, 0.1) is 7.43 Å². The molecule has 0 radical (unpaired) electrons. The number of hydrogen-bond acceptors (Lipinski definition) is 9. The molecule has 0 bridgehead atoms. The number of halogens is 9. The SMILES string of the molecule is C.CC(=O)c1cnc(Cl)c(Cl)c1.CNOC.CON(C)C(=O)c1cnc(Cl)c(Cl)c1.Cl.O=C(Cl)c1cnc(Cl)c(Cl)c1.[CH3-].[Cl-].[Mg+2]. The van der Waals surface area contributed by atoms with E-state index >= 15 is 0 Å². The Hall–Kier alpha value is -0.484. The monoisotopic (exact) mass is 819 g/mol. The van der Waals surface area contributed by atoms with E-state index < -0.39 is 5.24 Å². The maximum atomic E-state index is 11.5. The minimum absolute atomic E-state index is 0. The van der Waals surface area contributed by atoms with E-state index in [9.17, 15) is 14.4 Å². The van der Waals surface area contributed by atoms with Crippen molar-refractivity contribution in [3.05, 3.63) is 91.4 Å². The van der Waals surface area contributed by atoms with Crippen LogP contribution in [0.25, 0.3) is 0 Å². The molecule has 3 aromatic rings. The Morgan fingerprint density at radius 3 is 1.38 bits per heavy atom.